The van der Waals surface area contributed by atoms with E-state index in [1.807, 2.05) is 38.2 Å². The molecule has 0 unspecified atom stereocenters. The summed E-state index contributed by atoms with van der Waals surface area (Å²) < 4.78 is 8.24. The van der Waals surface area contributed by atoms with Crippen molar-refractivity contribution in [2.45, 2.75) is 33.7 Å². The molecule has 2 heterocycles. The second kappa shape index (κ2) is 10.7. The lowest BCUT2D eigenvalue weighted by atomic mass is 10.3. The van der Waals surface area contributed by atoms with Gasteiger partial charge in [-0.2, -0.15) is 5.10 Å². The number of aromatic nitrogens is 3. The van der Waals surface area contributed by atoms with E-state index in [1.165, 1.54) is 11.3 Å². The number of rotatable bonds is 9. The molecule has 3 aromatic rings. The Hall–Kier alpha value is -2.16. The van der Waals surface area contributed by atoms with Crippen LogP contribution in [-0.4, -0.2) is 58.9 Å². The topological polar surface area (TPSA) is 63.5 Å². The molecule has 0 fully saturated rings. The molecule has 0 atom stereocenters. The first-order valence-electron chi connectivity index (χ1n) is 10.0. The maximum Gasteiger partial charge on any atom is 0.280 e. The molecule has 0 spiro atoms. The Balaban J connectivity index is 0.00000320. The molecule has 2 aromatic heterocycles. The Morgan fingerprint density at radius 2 is 1.93 bits per heavy atom. The number of fused-ring (bicyclic) bond motifs is 1. The molecule has 0 radical (unpaired) electrons. The zero-order valence-corrected chi connectivity index (χ0v) is 19.8. The normalized spacial score (nSPS) is 11.2. The second-order valence-electron chi connectivity index (χ2n) is 7.06. The lowest BCUT2D eigenvalue weighted by Crippen LogP contribution is -2.39. The summed E-state index contributed by atoms with van der Waals surface area (Å²) >= 11 is 1.50. The summed E-state index contributed by atoms with van der Waals surface area (Å²) in [6.07, 6.45) is 1.85. The number of thiazole rings is 1. The van der Waals surface area contributed by atoms with Crippen molar-refractivity contribution < 1.29 is 9.53 Å². The fraction of sp³-hybridized carbons (Fsp3) is 0.476. The number of methoxy groups -OCH3 is 1. The summed E-state index contributed by atoms with van der Waals surface area (Å²) in [5, 5.41) is 5.14. The van der Waals surface area contributed by atoms with Gasteiger partial charge in [-0.25, -0.2) is 4.98 Å². The average Bonchev–Trinajstić information content (AvgIpc) is 3.38. The van der Waals surface area contributed by atoms with Crippen molar-refractivity contribution in [3.63, 3.8) is 0 Å². The fourth-order valence-corrected chi connectivity index (χ4v) is 4.14. The van der Waals surface area contributed by atoms with Crippen LogP contribution in [0.2, 0.25) is 0 Å². The van der Waals surface area contributed by atoms with E-state index in [2.05, 4.69) is 23.8 Å². The first-order chi connectivity index (χ1) is 14.0. The summed E-state index contributed by atoms with van der Waals surface area (Å²) in [5.41, 5.74) is 1.22. The van der Waals surface area contributed by atoms with Crippen LogP contribution in [0.5, 0.6) is 5.75 Å². The van der Waals surface area contributed by atoms with Crippen molar-refractivity contribution in [2.75, 3.05) is 38.2 Å². The van der Waals surface area contributed by atoms with Crippen molar-refractivity contribution in [1.29, 1.82) is 0 Å². The summed E-state index contributed by atoms with van der Waals surface area (Å²) in [6, 6.07) is 7.81. The van der Waals surface area contributed by atoms with Gasteiger partial charge in [-0.1, -0.05) is 31.3 Å². The van der Waals surface area contributed by atoms with E-state index >= 15 is 0 Å². The van der Waals surface area contributed by atoms with Gasteiger partial charge in [0.25, 0.3) is 5.91 Å². The molecule has 0 saturated carbocycles. The smallest absolute Gasteiger partial charge is 0.280 e. The second-order valence-corrected chi connectivity index (χ2v) is 8.07. The summed E-state index contributed by atoms with van der Waals surface area (Å²) in [4.78, 5) is 22.2. The molecule has 0 saturated heterocycles. The van der Waals surface area contributed by atoms with Crippen molar-refractivity contribution in [3.8, 4) is 5.75 Å². The number of para-hydroxylation sites is 1. The van der Waals surface area contributed by atoms with E-state index in [-0.39, 0.29) is 24.4 Å². The van der Waals surface area contributed by atoms with E-state index in [9.17, 15) is 4.79 Å². The van der Waals surface area contributed by atoms with Gasteiger partial charge in [-0.05, 0) is 45.1 Å². The summed E-state index contributed by atoms with van der Waals surface area (Å²) in [7, 11) is 1.63. The Bertz CT molecular complexity index is 967. The molecule has 7 nitrogen and oxygen atoms in total. The third-order valence-corrected chi connectivity index (χ3v) is 6.00. The lowest BCUT2D eigenvalue weighted by molar-refractivity contribution is 0.0978. The largest absolute Gasteiger partial charge is 0.494 e. The van der Waals surface area contributed by atoms with Crippen LogP contribution in [-0.2, 0) is 0 Å². The minimum atomic E-state index is -0.130. The van der Waals surface area contributed by atoms with Gasteiger partial charge in [0.1, 0.15) is 11.3 Å². The number of anilines is 1. The lowest BCUT2D eigenvalue weighted by Gasteiger charge is -2.24. The Labute approximate surface area is 188 Å². The molecule has 9 heteroatoms. The number of benzene rings is 1. The van der Waals surface area contributed by atoms with Gasteiger partial charge in [0, 0.05) is 25.3 Å². The molecule has 164 valence electrons. The Kier molecular flexibility index (Phi) is 8.64. The molecular formula is C21H30ClN5O2S. The number of amides is 1. The predicted octanol–water partition coefficient (Wildman–Crippen LogP) is 4.49. The van der Waals surface area contributed by atoms with E-state index in [0.717, 1.165) is 29.9 Å². The molecule has 0 N–H and O–H groups in total. The van der Waals surface area contributed by atoms with Crippen LogP contribution in [0, 0.1) is 0 Å². The number of hydrogen-bond donors (Lipinski definition) is 0. The first kappa shape index (κ1) is 24.1. The highest BCUT2D eigenvalue weighted by molar-refractivity contribution is 7.22. The SMILES string of the molecule is CCN(CC)CCN(C(=O)c1ccn(C(C)C)n1)c1nc2c(OC)cccc2s1.Cl. The molecule has 1 amide bonds. The molecule has 0 aliphatic heterocycles. The average molecular weight is 452 g/mol. The van der Waals surface area contributed by atoms with Crippen LogP contribution in [0.3, 0.4) is 0 Å². The van der Waals surface area contributed by atoms with E-state index in [0.29, 0.717) is 23.1 Å². The van der Waals surface area contributed by atoms with Crippen LogP contribution >= 0.6 is 23.7 Å². The van der Waals surface area contributed by atoms with Crippen molar-refractivity contribution in [2.24, 2.45) is 0 Å². The molecule has 30 heavy (non-hydrogen) atoms. The highest BCUT2D eigenvalue weighted by Gasteiger charge is 2.24. The van der Waals surface area contributed by atoms with Crippen LogP contribution in [0.15, 0.2) is 30.5 Å². The number of carbonyl (C=O) groups is 1. The van der Waals surface area contributed by atoms with Gasteiger partial charge in [0.05, 0.1) is 11.8 Å². The van der Waals surface area contributed by atoms with Gasteiger partial charge in [0.2, 0.25) is 0 Å². The Morgan fingerprint density at radius 1 is 1.20 bits per heavy atom. The Morgan fingerprint density at radius 3 is 2.53 bits per heavy atom. The molecular weight excluding hydrogens is 422 g/mol. The molecule has 0 bridgehead atoms. The number of ether oxygens (including phenoxy) is 1. The van der Waals surface area contributed by atoms with E-state index < -0.39 is 0 Å². The molecule has 0 aliphatic carbocycles. The third-order valence-electron chi connectivity index (χ3n) is 4.96. The number of carbonyl (C=O) groups excluding carboxylic acids is 1. The van der Waals surface area contributed by atoms with E-state index in [1.54, 1.807) is 22.8 Å². The van der Waals surface area contributed by atoms with Gasteiger partial charge < -0.3 is 9.64 Å². The van der Waals surface area contributed by atoms with Gasteiger partial charge in [-0.15, -0.1) is 12.4 Å². The zero-order valence-electron chi connectivity index (χ0n) is 18.2. The number of halogens is 1. The highest BCUT2D eigenvalue weighted by atomic mass is 35.5. The number of likely N-dealkylation sites (N-methyl/N-ethyl adjacent to an activating group) is 1. The summed E-state index contributed by atoms with van der Waals surface area (Å²) in [6.45, 7) is 11.5. The minimum Gasteiger partial charge on any atom is -0.494 e. The fourth-order valence-electron chi connectivity index (χ4n) is 3.14. The van der Waals surface area contributed by atoms with Crippen LogP contribution in [0.4, 0.5) is 5.13 Å². The van der Waals surface area contributed by atoms with Crippen molar-refractivity contribution in [1.82, 2.24) is 19.7 Å². The third kappa shape index (κ3) is 5.11. The van der Waals surface area contributed by atoms with Gasteiger partial charge in [-0.3, -0.25) is 14.4 Å². The zero-order chi connectivity index (χ0) is 21.0. The van der Waals surface area contributed by atoms with Gasteiger partial charge in [0.15, 0.2) is 10.8 Å². The maximum atomic E-state index is 13.4. The quantitative estimate of drug-likeness (QED) is 0.479. The number of nitrogens with zero attached hydrogens (tertiary/aromatic N) is 5. The van der Waals surface area contributed by atoms with E-state index in [4.69, 9.17) is 9.72 Å². The standard InChI is InChI=1S/C21H29N5O2S.ClH/c1-6-24(7-2)13-14-25(20(27)16-11-12-26(23-16)15(3)4)21-22-19-17(28-5)9-8-10-18(19)29-21;/h8-12,15H,6-7,13-14H2,1-5H3;1H. The minimum absolute atomic E-state index is 0. The van der Waals surface area contributed by atoms with Crippen LogP contribution < -0.4 is 9.64 Å². The highest BCUT2D eigenvalue weighted by Crippen LogP contribution is 2.34. The summed E-state index contributed by atoms with van der Waals surface area (Å²) in [5.74, 6) is 0.583. The van der Waals surface area contributed by atoms with Crippen LogP contribution in [0.1, 0.15) is 44.2 Å². The maximum absolute atomic E-state index is 13.4. The van der Waals surface area contributed by atoms with Crippen LogP contribution in [0.25, 0.3) is 10.2 Å². The molecule has 3 rings (SSSR count). The van der Waals surface area contributed by atoms with Gasteiger partial charge >= 0.3 is 0 Å². The number of hydrogen-bond acceptors (Lipinski definition) is 6. The molecule has 1 aromatic carbocycles. The van der Waals surface area contributed by atoms with Crippen molar-refractivity contribution >= 4 is 45.0 Å². The monoisotopic (exact) mass is 451 g/mol. The molecule has 0 aliphatic rings. The first-order valence-corrected chi connectivity index (χ1v) is 10.8. The van der Waals surface area contributed by atoms with Crippen molar-refractivity contribution in [3.05, 3.63) is 36.2 Å². The predicted molar refractivity (Wildman–Crippen MR) is 125 cm³/mol.